The van der Waals surface area contributed by atoms with E-state index in [0.29, 0.717) is 11.6 Å². The number of hydrogen-bond donors (Lipinski definition) is 2. The maximum atomic E-state index is 13.6. The van der Waals surface area contributed by atoms with Crippen molar-refractivity contribution in [2.75, 3.05) is 31.6 Å². The third kappa shape index (κ3) is 7.75. The van der Waals surface area contributed by atoms with Crippen molar-refractivity contribution in [3.05, 3.63) is 72.5 Å². The zero-order valence-corrected chi connectivity index (χ0v) is 24.9. The molecule has 2 N–H and O–H groups in total. The molecule has 4 rings (SSSR count). The van der Waals surface area contributed by atoms with E-state index in [2.05, 4.69) is 10.3 Å². The number of pyridine rings is 1. The number of anilines is 1. The third-order valence-corrected chi connectivity index (χ3v) is 8.85. The van der Waals surface area contributed by atoms with Gasteiger partial charge in [0.05, 0.1) is 30.7 Å². The summed E-state index contributed by atoms with van der Waals surface area (Å²) in [5.74, 6) is 0.271. The highest BCUT2D eigenvalue weighted by atomic mass is 32.2. The highest BCUT2D eigenvalue weighted by Gasteiger charge is 2.39. The van der Waals surface area contributed by atoms with E-state index in [-0.39, 0.29) is 36.9 Å². The number of carbonyl (C=O) groups excluding carboxylic acids is 2. The van der Waals surface area contributed by atoms with Crippen molar-refractivity contribution >= 4 is 27.8 Å². The summed E-state index contributed by atoms with van der Waals surface area (Å²) in [4.78, 5) is 31.3. The fourth-order valence-electron chi connectivity index (χ4n) is 4.84. The van der Waals surface area contributed by atoms with E-state index in [1.54, 1.807) is 30.3 Å². The number of allylic oxidation sites excluding steroid dienone is 3. The molecule has 0 saturated carbocycles. The lowest BCUT2D eigenvalue weighted by Crippen LogP contribution is -2.52. The average molecular weight is 599 g/mol. The second-order valence-corrected chi connectivity index (χ2v) is 12.6. The minimum Gasteiger partial charge on any atom is -0.497 e. The number of nitrogens with one attached hydrogen (secondary N) is 1. The first-order valence-electron chi connectivity index (χ1n) is 14.0. The molecule has 42 heavy (non-hydrogen) atoms. The van der Waals surface area contributed by atoms with E-state index in [4.69, 9.17) is 9.47 Å². The molecule has 2 aromatic rings. The molecule has 2 heterocycles. The van der Waals surface area contributed by atoms with Crippen LogP contribution in [-0.2, 0) is 19.6 Å². The van der Waals surface area contributed by atoms with E-state index in [9.17, 15) is 23.1 Å². The summed E-state index contributed by atoms with van der Waals surface area (Å²) in [6.07, 6.45) is 6.43. The number of aliphatic hydroxyl groups is 1. The van der Waals surface area contributed by atoms with E-state index < -0.39 is 40.3 Å². The van der Waals surface area contributed by atoms with Gasteiger partial charge in [0.1, 0.15) is 11.6 Å². The Balaban J connectivity index is 1.53. The van der Waals surface area contributed by atoms with Gasteiger partial charge in [0.25, 0.3) is 5.91 Å². The molecule has 0 spiro atoms. The van der Waals surface area contributed by atoms with Crippen LogP contribution in [0.25, 0.3) is 0 Å². The lowest BCUT2D eigenvalue weighted by molar-refractivity contribution is -0.129. The Hall–Kier alpha value is -3.74. The van der Waals surface area contributed by atoms with Crippen molar-refractivity contribution in [1.82, 2.24) is 14.6 Å². The van der Waals surface area contributed by atoms with Gasteiger partial charge in [-0.1, -0.05) is 43.7 Å². The Morgan fingerprint density at radius 2 is 1.95 bits per heavy atom. The molecule has 226 valence electrons. The number of sulfonamides is 1. The highest BCUT2D eigenvalue weighted by Crippen LogP contribution is 2.24. The zero-order chi connectivity index (χ0) is 30.3. The first-order chi connectivity index (χ1) is 20.1. The quantitative estimate of drug-likeness (QED) is 0.358. The number of hydrogen-bond acceptors (Lipinski definition) is 8. The number of ether oxygens (including phenoxy) is 2. The summed E-state index contributed by atoms with van der Waals surface area (Å²) in [5, 5.41) is 14.3. The van der Waals surface area contributed by atoms with Gasteiger partial charge in [-0.15, -0.1) is 0 Å². The second-order valence-electron chi connectivity index (χ2n) is 10.7. The topological polar surface area (TPSA) is 138 Å². The van der Waals surface area contributed by atoms with Crippen LogP contribution in [0.2, 0.25) is 0 Å². The number of nitrogens with zero attached hydrogens (tertiary/aromatic N) is 3. The first-order valence-corrected chi connectivity index (χ1v) is 15.4. The minimum absolute atomic E-state index is 0.0299. The highest BCUT2D eigenvalue weighted by molar-refractivity contribution is 7.89. The lowest BCUT2D eigenvalue weighted by atomic mass is 9.96. The first kappa shape index (κ1) is 31.2. The fourth-order valence-corrected chi connectivity index (χ4v) is 6.46. The molecule has 1 aromatic heterocycles. The molecule has 0 radical (unpaired) electrons. The normalized spacial score (nSPS) is 18.5. The van der Waals surface area contributed by atoms with Gasteiger partial charge in [-0.25, -0.2) is 18.2 Å². The summed E-state index contributed by atoms with van der Waals surface area (Å²) >= 11 is 0. The van der Waals surface area contributed by atoms with Crippen LogP contribution in [0.3, 0.4) is 0 Å². The Kier molecular flexibility index (Phi) is 10.4. The third-order valence-electron chi connectivity index (χ3n) is 7.01. The van der Waals surface area contributed by atoms with Crippen LogP contribution in [0.5, 0.6) is 5.75 Å². The number of rotatable bonds is 13. The molecule has 1 aromatic carbocycles. The predicted molar refractivity (Wildman–Crippen MR) is 157 cm³/mol. The average Bonchev–Trinajstić information content (AvgIpc) is 3.38. The summed E-state index contributed by atoms with van der Waals surface area (Å²) in [7, 11) is -2.48. The Morgan fingerprint density at radius 1 is 1.19 bits per heavy atom. The molecule has 1 fully saturated rings. The Labute approximate surface area is 246 Å². The summed E-state index contributed by atoms with van der Waals surface area (Å²) < 4.78 is 39.0. The van der Waals surface area contributed by atoms with E-state index in [0.717, 1.165) is 18.4 Å². The van der Waals surface area contributed by atoms with Crippen molar-refractivity contribution in [3.63, 3.8) is 0 Å². The monoisotopic (exact) mass is 598 g/mol. The molecule has 1 aliphatic carbocycles. The van der Waals surface area contributed by atoms with Gasteiger partial charge >= 0.3 is 6.09 Å². The number of amides is 2. The van der Waals surface area contributed by atoms with Gasteiger partial charge in [0, 0.05) is 19.3 Å². The number of aromatic nitrogens is 1. The summed E-state index contributed by atoms with van der Waals surface area (Å²) in [5.41, 5.74) is 0.914. The molecule has 1 aliphatic heterocycles. The van der Waals surface area contributed by atoms with Crippen molar-refractivity contribution in [2.45, 2.75) is 56.3 Å². The number of carbonyl (C=O) groups is 2. The molecular formula is C30H38N4O7S. The van der Waals surface area contributed by atoms with Crippen LogP contribution in [0.1, 0.15) is 33.1 Å². The van der Waals surface area contributed by atoms with Gasteiger partial charge in [0.15, 0.2) is 6.10 Å². The Morgan fingerprint density at radius 3 is 2.57 bits per heavy atom. The smallest absolute Gasteiger partial charge is 0.416 e. The number of cyclic esters (lactones) is 1. The molecule has 1 saturated heterocycles. The minimum atomic E-state index is -3.98. The van der Waals surface area contributed by atoms with E-state index in [1.807, 2.05) is 32.1 Å². The number of aliphatic hydroxyl groups excluding tert-OH is 1. The maximum absolute atomic E-state index is 13.6. The van der Waals surface area contributed by atoms with Gasteiger partial charge in [-0.2, -0.15) is 4.31 Å². The fraction of sp³-hybridized carbons (Fsp3) is 0.433. The molecule has 3 atom stereocenters. The van der Waals surface area contributed by atoms with Crippen LogP contribution >= 0.6 is 0 Å². The number of benzene rings is 1. The van der Waals surface area contributed by atoms with Crippen LogP contribution < -0.4 is 15.0 Å². The van der Waals surface area contributed by atoms with Crippen LogP contribution in [0.4, 0.5) is 10.6 Å². The zero-order valence-electron chi connectivity index (χ0n) is 24.0. The van der Waals surface area contributed by atoms with E-state index >= 15 is 0 Å². The summed E-state index contributed by atoms with van der Waals surface area (Å²) in [6.45, 7) is 3.65. The van der Waals surface area contributed by atoms with Crippen LogP contribution in [0, 0.1) is 5.92 Å². The molecule has 12 heteroatoms. The molecule has 2 aliphatic rings. The number of methoxy groups -OCH3 is 1. The summed E-state index contributed by atoms with van der Waals surface area (Å²) in [6, 6.07) is 10.3. The maximum Gasteiger partial charge on any atom is 0.416 e. The van der Waals surface area contributed by atoms with Crippen molar-refractivity contribution in [2.24, 2.45) is 5.92 Å². The van der Waals surface area contributed by atoms with Crippen LogP contribution in [0.15, 0.2) is 77.4 Å². The van der Waals surface area contributed by atoms with Crippen molar-refractivity contribution in [3.8, 4) is 5.75 Å². The molecule has 0 unspecified atom stereocenters. The standard InChI is InChI=1S/C30H38N4O7S/c1-21(2)18-33(42(38,39)24-14-12-23(40-3)13-15-24)19-26(35)25(17-22-9-5-4-6-10-22)32-29(36)27-20-34(30(37)41-27)28-11-7-8-16-31-28/h5,7-16,21,25-27,35H,4,6,17-20H2,1-3H3,(H,32,36)/t25-,26+,27-/m0/s1. The predicted octanol–water partition coefficient (Wildman–Crippen LogP) is 3.27. The lowest BCUT2D eigenvalue weighted by Gasteiger charge is -2.31. The van der Waals surface area contributed by atoms with Gasteiger partial charge in [-0.05, 0) is 61.6 Å². The van der Waals surface area contributed by atoms with Crippen LogP contribution in [-0.4, -0.2) is 79.8 Å². The van der Waals surface area contributed by atoms with E-state index in [1.165, 1.54) is 34.6 Å². The van der Waals surface area contributed by atoms with Gasteiger partial charge < -0.3 is 19.9 Å². The SMILES string of the molecule is COc1ccc(S(=O)(=O)N(CC(C)C)C[C@@H](O)[C@H](CC2=CCCC=C2)NC(=O)[C@@H]2CN(c3ccccn3)C(=O)O2)cc1. The second kappa shape index (κ2) is 14.0. The van der Waals surface area contributed by atoms with Crippen molar-refractivity contribution in [1.29, 1.82) is 0 Å². The van der Waals surface area contributed by atoms with Gasteiger partial charge in [0.2, 0.25) is 10.0 Å². The molecule has 2 amide bonds. The molecule has 11 nitrogen and oxygen atoms in total. The van der Waals surface area contributed by atoms with Crippen molar-refractivity contribution < 1.29 is 32.6 Å². The molecule has 0 bridgehead atoms. The Bertz CT molecular complexity index is 1390. The van der Waals surface area contributed by atoms with Gasteiger partial charge in [-0.3, -0.25) is 9.69 Å². The molecular weight excluding hydrogens is 560 g/mol. The largest absolute Gasteiger partial charge is 0.497 e.